The molecule has 0 spiro atoms. The summed E-state index contributed by atoms with van der Waals surface area (Å²) in [5.41, 5.74) is 0.630. The molecule has 5 nitrogen and oxygen atoms in total. The number of carbonyl (C=O) groups is 1. The molecule has 6 heteroatoms. The van der Waals surface area contributed by atoms with Crippen molar-refractivity contribution in [2.45, 2.75) is 64.9 Å². The van der Waals surface area contributed by atoms with Crippen LogP contribution in [0.25, 0.3) is 0 Å². The molecule has 1 aromatic heterocycles. The third-order valence-corrected chi connectivity index (χ3v) is 6.73. The number of ketones is 1. The van der Waals surface area contributed by atoms with Gasteiger partial charge in [-0.2, -0.15) is 0 Å². The summed E-state index contributed by atoms with van der Waals surface area (Å²) in [7, 11) is 1.15. The fourth-order valence-electron chi connectivity index (χ4n) is 5.18. The van der Waals surface area contributed by atoms with Gasteiger partial charge >= 0.3 is 0 Å². The molecule has 0 saturated carbocycles. The highest BCUT2D eigenvalue weighted by molar-refractivity contribution is 6.35. The minimum atomic E-state index is 0.0538. The van der Waals surface area contributed by atoms with Gasteiger partial charge in [-0.3, -0.25) is 9.78 Å². The third kappa shape index (κ3) is 6.89. The maximum atomic E-state index is 13.6. The molecule has 0 amide bonds. The molecule has 0 aliphatic carbocycles. The maximum Gasteiger partial charge on any atom is 0.184 e. The van der Waals surface area contributed by atoms with Crippen molar-refractivity contribution in [3.8, 4) is 0 Å². The zero-order valence-corrected chi connectivity index (χ0v) is 19.1. The first-order valence-electron chi connectivity index (χ1n) is 12.0. The largest absolute Gasteiger partial charge is 0.379 e. The van der Waals surface area contributed by atoms with Crippen LogP contribution in [-0.4, -0.2) is 68.0 Å². The van der Waals surface area contributed by atoms with E-state index in [1.807, 2.05) is 18.2 Å². The molecule has 2 aliphatic rings. The Kier molecular flexibility index (Phi) is 9.35. The topological polar surface area (TPSA) is 51.7 Å². The van der Waals surface area contributed by atoms with Crippen molar-refractivity contribution in [2.75, 3.05) is 32.8 Å². The number of ether oxygens (including phenoxy) is 2. The zero-order valence-electron chi connectivity index (χ0n) is 19.1. The second-order valence-electron chi connectivity index (χ2n) is 9.38. The highest BCUT2D eigenvalue weighted by Gasteiger charge is 2.38. The molecular formula is C24H39BN2O3. The Morgan fingerprint density at radius 3 is 2.80 bits per heavy atom. The molecule has 2 aliphatic heterocycles. The van der Waals surface area contributed by atoms with E-state index in [9.17, 15) is 4.79 Å². The van der Waals surface area contributed by atoms with Gasteiger partial charge in [0, 0.05) is 25.3 Å². The van der Waals surface area contributed by atoms with Crippen LogP contribution >= 0.6 is 0 Å². The zero-order chi connectivity index (χ0) is 21.3. The summed E-state index contributed by atoms with van der Waals surface area (Å²) in [4.78, 5) is 20.5. The Labute approximate surface area is 183 Å². The van der Waals surface area contributed by atoms with Gasteiger partial charge in [0.05, 0.1) is 18.8 Å². The van der Waals surface area contributed by atoms with Gasteiger partial charge in [0.1, 0.15) is 13.0 Å². The summed E-state index contributed by atoms with van der Waals surface area (Å²) in [6.07, 6.45) is 7.61. The molecule has 2 saturated heterocycles. The van der Waals surface area contributed by atoms with Gasteiger partial charge in [-0.25, -0.2) is 0 Å². The number of aromatic nitrogens is 1. The summed E-state index contributed by atoms with van der Waals surface area (Å²) in [5.74, 6) is 1.11. The number of piperidine rings is 1. The van der Waals surface area contributed by atoms with Gasteiger partial charge in [-0.1, -0.05) is 18.7 Å². The minimum Gasteiger partial charge on any atom is -0.379 e. The molecule has 3 heterocycles. The van der Waals surface area contributed by atoms with E-state index >= 15 is 0 Å². The molecule has 3 rings (SSSR count). The minimum absolute atomic E-state index is 0.0538. The lowest BCUT2D eigenvalue weighted by molar-refractivity contribution is 0.0272. The van der Waals surface area contributed by atoms with E-state index in [2.05, 4.69) is 30.7 Å². The van der Waals surface area contributed by atoms with Crippen molar-refractivity contribution >= 4 is 13.1 Å². The summed E-state index contributed by atoms with van der Waals surface area (Å²) < 4.78 is 11.7. The van der Waals surface area contributed by atoms with E-state index in [0.717, 1.165) is 72.0 Å². The molecule has 0 bridgehead atoms. The van der Waals surface area contributed by atoms with Crippen LogP contribution in [0, 0.1) is 17.8 Å². The average Bonchev–Trinajstić information content (AvgIpc) is 2.73. The Balaban J connectivity index is 1.69. The lowest BCUT2D eigenvalue weighted by atomic mass is 9.59. The second kappa shape index (κ2) is 12.0. The number of hydrogen-bond acceptors (Lipinski definition) is 5. The number of hydrogen-bond donors (Lipinski definition) is 0. The number of nitrogens with zero attached hydrogens (tertiary/aromatic N) is 2. The number of pyridine rings is 1. The van der Waals surface area contributed by atoms with Gasteiger partial charge in [-0.05, 0) is 77.1 Å². The van der Waals surface area contributed by atoms with Crippen molar-refractivity contribution in [2.24, 2.45) is 17.8 Å². The third-order valence-electron chi connectivity index (χ3n) is 6.73. The lowest BCUT2D eigenvalue weighted by Crippen LogP contribution is -2.43. The molecule has 166 valence electrons. The van der Waals surface area contributed by atoms with Crippen LogP contribution in [0.4, 0.5) is 0 Å². The van der Waals surface area contributed by atoms with Crippen LogP contribution < -0.4 is 0 Å². The maximum absolute atomic E-state index is 13.6. The summed E-state index contributed by atoms with van der Waals surface area (Å²) in [6.45, 7) is 11.1. The summed E-state index contributed by atoms with van der Waals surface area (Å²) >= 11 is 0. The van der Waals surface area contributed by atoms with Crippen LogP contribution in [0.1, 0.15) is 50.5 Å². The predicted molar refractivity (Wildman–Crippen MR) is 123 cm³/mol. The number of likely N-dealkylation sites (tertiary alicyclic amines) is 1. The first-order valence-corrected chi connectivity index (χ1v) is 12.0. The van der Waals surface area contributed by atoms with Crippen LogP contribution in [0.5, 0.6) is 0 Å². The number of Topliss-reactive ketones (excluding diaryl/α,β-unsaturated/α-hetero) is 1. The van der Waals surface area contributed by atoms with E-state index in [1.165, 1.54) is 0 Å². The van der Waals surface area contributed by atoms with E-state index < -0.39 is 0 Å². The van der Waals surface area contributed by atoms with Gasteiger partial charge in [0.15, 0.2) is 5.78 Å². The van der Waals surface area contributed by atoms with Crippen LogP contribution in [0.2, 0.25) is 12.6 Å². The Hall–Kier alpha value is -1.24. The number of rotatable bonds is 8. The first kappa shape index (κ1) is 23.4. The van der Waals surface area contributed by atoms with Crippen molar-refractivity contribution in [1.82, 2.24) is 9.88 Å². The molecule has 30 heavy (non-hydrogen) atoms. The van der Waals surface area contributed by atoms with E-state index in [-0.39, 0.29) is 23.9 Å². The van der Waals surface area contributed by atoms with Crippen molar-refractivity contribution in [3.63, 3.8) is 0 Å². The molecule has 0 aromatic carbocycles. The van der Waals surface area contributed by atoms with Crippen LogP contribution in [0.15, 0.2) is 24.4 Å². The average molecular weight is 414 g/mol. The Morgan fingerprint density at radius 2 is 2.10 bits per heavy atom. The van der Waals surface area contributed by atoms with Crippen molar-refractivity contribution in [1.29, 1.82) is 0 Å². The van der Waals surface area contributed by atoms with Crippen LogP contribution in [-0.2, 0) is 9.47 Å². The Morgan fingerprint density at radius 1 is 1.30 bits per heavy atom. The quantitative estimate of drug-likeness (QED) is 0.480. The molecular weight excluding hydrogens is 375 g/mol. The number of carbonyl (C=O) groups excluding carboxylic acids is 1. The molecule has 1 aromatic rings. The first-order chi connectivity index (χ1) is 14.5. The smallest absolute Gasteiger partial charge is 0.184 e. The summed E-state index contributed by atoms with van der Waals surface area (Å²) in [5, 5.41) is 0. The molecule has 0 radical (unpaired) electrons. The standard InChI is InChI=1S/C24H39BN2O3/c1-18(2)29-15-13-27-11-7-20(8-12-27)23(24(28)22-6-4-5-10-26-22)21-16-19(3)30-14-9-25-17-21/h4-6,10,18-21,23,25H,7-9,11-17H2,1-3H3/t19-,21?,23+/m0/s1. The second-order valence-corrected chi connectivity index (χ2v) is 9.38. The fourth-order valence-corrected chi connectivity index (χ4v) is 5.18. The van der Waals surface area contributed by atoms with Crippen molar-refractivity contribution in [3.05, 3.63) is 30.1 Å². The van der Waals surface area contributed by atoms with Gasteiger partial charge in [0.2, 0.25) is 0 Å². The van der Waals surface area contributed by atoms with E-state index in [0.29, 0.717) is 17.5 Å². The SMILES string of the molecule is CC(C)OCCN1CCC([C@@H](C(=O)c2ccccn2)C2CBCCO[C@@H](C)C2)CC1. The van der Waals surface area contributed by atoms with Gasteiger partial charge < -0.3 is 14.4 Å². The lowest BCUT2D eigenvalue weighted by Gasteiger charge is -2.40. The fraction of sp³-hybridized carbons (Fsp3) is 0.750. The summed E-state index contributed by atoms with van der Waals surface area (Å²) in [6, 6.07) is 5.70. The van der Waals surface area contributed by atoms with Crippen LogP contribution in [0.3, 0.4) is 0 Å². The predicted octanol–water partition coefficient (Wildman–Crippen LogP) is 3.72. The molecule has 3 atom stereocenters. The Bertz CT molecular complexity index is 635. The monoisotopic (exact) mass is 414 g/mol. The van der Waals surface area contributed by atoms with Gasteiger partial charge in [-0.15, -0.1) is 0 Å². The highest BCUT2D eigenvalue weighted by atomic mass is 16.5. The van der Waals surface area contributed by atoms with Gasteiger partial charge in [0.25, 0.3) is 0 Å². The molecule has 0 N–H and O–H groups in total. The van der Waals surface area contributed by atoms with E-state index in [1.54, 1.807) is 6.20 Å². The van der Waals surface area contributed by atoms with E-state index in [4.69, 9.17) is 9.47 Å². The highest BCUT2D eigenvalue weighted by Crippen LogP contribution is 2.37. The molecule has 1 unspecified atom stereocenters. The van der Waals surface area contributed by atoms with Crippen molar-refractivity contribution < 1.29 is 14.3 Å². The normalized spacial score (nSPS) is 25.3. The molecule has 2 fully saturated rings.